The number of amides is 2. The Kier molecular flexibility index (Phi) is 11.8. The minimum absolute atomic E-state index is 0.156. The van der Waals surface area contributed by atoms with Crippen LogP contribution in [0.1, 0.15) is 50.7 Å². The molecule has 1 aliphatic rings. The van der Waals surface area contributed by atoms with Gasteiger partial charge in [-0.15, -0.1) is 0 Å². The summed E-state index contributed by atoms with van der Waals surface area (Å²) in [7, 11) is -1.88. The maximum Gasteiger partial charge on any atom is 0.243 e. The van der Waals surface area contributed by atoms with Gasteiger partial charge < -0.3 is 19.7 Å². The van der Waals surface area contributed by atoms with Crippen molar-refractivity contribution in [2.24, 2.45) is 0 Å². The number of aryl methyl sites for hydroxylation is 1. The molecule has 1 saturated heterocycles. The van der Waals surface area contributed by atoms with Gasteiger partial charge in [0, 0.05) is 45.8 Å². The number of ether oxygens (including phenoxy) is 2. The van der Waals surface area contributed by atoms with Crippen LogP contribution >= 0.6 is 0 Å². The average Bonchev–Trinajstić information content (AvgIpc) is 3.51. The van der Waals surface area contributed by atoms with Gasteiger partial charge in [-0.2, -0.15) is 4.31 Å². The van der Waals surface area contributed by atoms with Crippen molar-refractivity contribution in [2.45, 2.75) is 63.4 Å². The summed E-state index contributed by atoms with van der Waals surface area (Å²) in [4.78, 5) is 28.2. The Morgan fingerprint density at radius 1 is 1.03 bits per heavy atom. The number of benzene rings is 2. The number of hydrogen-bond acceptors (Lipinski definition) is 6. The molecule has 0 saturated carbocycles. The summed E-state index contributed by atoms with van der Waals surface area (Å²) in [6, 6.07) is 13.5. The third-order valence-corrected chi connectivity index (χ3v) is 8.81. The van der Waals surface area contributed by atoms with Crippen LogP contribution in [0, 0.1) is 0 Å². The topological polar surface area (TPSA) is 105 Å². The normalized spacial score (nSPS) is 14.6. The Hall–Kier alpha value is -2.95. The van der Waals surface area contributed by atoms with Crippen LogP contribution in [0.25, 0.3) is 0 Å². The first-order valence-electron chi connectivity index (χ1n) is 13.6. The maximum absolute atomic E-state index is 13.4. The molecule has 0 aliphatic carbocycles. The number of hydrogen-bond donors (Lipinski definition) is 1. The molecule has 1 fully saturated rings. The lowest BCUT2D eigenvalue weighted by atomic mass is 10.1. The van der Waals surface area contributed by atoms with Gasteiger partial charge >= 0.3 is 0 Å². The van der Waals surface area contributed by atoms with E-state index < -0.39 is 16.1 Å². The van der Waals surface area contributed by atoms with Crippen molar-refractivity contribution in [1.29, 1.82) is 0 Å². The quantitative estimate of drug-likeness (QED) is 0.336. The minimum Gasteiger partial charge on any atom is -0.497 e. The van der Waals surface area contributed by atoms with Crippen molar-refractivity contribution >= 4 is 21.8 Å². The molecule has 9 nitrogen and oxygen atoms in total. The van der Waals surface area contributed by atoms with Crippen LogP contribution in [0.4, 0.5) is 0 Å². The molecule has 0 radical (unpaired) electrons. The molecule has 2 amide bonds. The molecule has 1 aliphatic heterocycles. The summed E-state index contributed by atoms with van der Waals surface area (Å²) >= 11 is 0. The lowest BCUT2D eigenvalue weighted by Gasteiger charge is -2.29. The molecule has 2 aromatic rings. The van der Waals surface area contributed by atoms with E-state index in [4.69, 9.17) is 9.47 Å². The fraction of sp³-hybridized carbons (Fsp3) is 0.517. The fourth-order valence-corrected chi connectivity index (χ4v) is 6.01. The van der Waals surface area contributed by atoms with Crippen LogP contribution in [0.3, 0.4) is 0 Å². The van der Waals surface area contributed by atoms with E-state index in [1.807, 2.05) is 31.2 Å². The highest BCUT2D eigenvalue weighted by Crippen LogP contribution is 2.22. The van der Waals surface area contributed by atoms with Gasteiger partial charge in [-0.05, 0) is 74.9 Å². The van der Waals surface area contributed by atoms with Crippen LogP contribution in [-0.2, 0) is 37.3 Å². The number of methoxy groups -OCH3 is 1. The predicted octanol–water partition coefficient (Wildman–Crippen LogP) is 3.37. The number of nitrogens with zero attached hydrogens (tertiary/aromatic N) is 2. The van der Waals surface area contributed by atoms with E-state index >= 15 is 0 Å². The van der Waals surface area contributed by atoms with Crippen molar-refractivity contribution < 1.29 is 27.5 Å². The van der Waals surface area contributed by atoms with E-state index in [1.54, 1.807) is 43.2 Å². The molecule has 1 atom stereocenters. The zero-order valence-electron chi connectivity index (χ0n) is 23.2. The summed E-state index contributed by atoms with van der Waals surface area (Å²) in [5.74, 6) is 0.341. The average molecular weight is 560 g/mol. The van der Waals surface area contributed by atoms with E-state index in [0.29, 0.717) is 51.4 Å². The second-order valence-electron chi connectivity index (χ2n) is 9.64. The van der Waals surface area contributed by atoms with Crippen LogP contribution in [0.2, 0.25) is 0 Å². The highest BCUT2D eigenvalue weighted by molar-refractivity contribution is 7.89. The van der Waals surface area contributed by atoms with Crippen molar-refractivity contribution in [1.82, 2.24) is 14.5 Å². The van der Waals surface area contributed by atoms with Gasteiger partial charge in [0.2, 0.25) is 21.8 Å². The second kappa shape index (κ2) is 15.0. The van der Waals surface area contributed by atoms with Crippen LogP contribution in [0.15, 0.2) is 53.4 Å². The number of rotatable bonds is 15. The third kappa shape index (κ3) is 8.78. The highest BCUT2D eigenvalue weighted by atomic mass is 32.2. The van der Waals surface area contributed by atoms with Crippen molar-refractivity contribution in [3.05, 3.63) is 59.7 Å². The predicted molar refractivity (Wildman–Crippen MR) is 150 cm³/mol. The van der Waals surface area contributed by atoms with Gasteiger partial charge in [-0.3, -0.25) is 9.59 Å². The standard InChI is InChI=1S/C29H41N3O6S/c1-4-38-21-7-18-30-29(34)23(2)32(22-25-8-13-26(37-3)14-9-25)28(33)17-12-24-10-15-27(16-11-24)39(35,36)31-19-5-6-20-31/h8-11,13-16,23H,4-7,12,17-22H2,1-3H3,(H,30,34). The minimum atomic E-state index is -3.48. The lowest BCUT2D eigenvalue weighted by Crippen LogP contribution is -2.48. The van der Waals surface area contributed by atoms with Crippen molar-refractivity contribution in [2.75, 3.05) is 40.0 Å². The molecule has 1 heterocycles. The molecule has 10 heteroatoms. The Morgan fingerprint density at radius 2 is 1.67 bits per heavy atom. The van der Waals surface area contributed by atoms with E-state index in [0.717, 1.165) is 24.0 Å². The number of nitrogens with one attached hydrogen (secondary N) is 1. The van der Waals surface area contributed by atoms with Gasteiger partial charge in [0.25, 0.3) is 0 Å². The smallest absolute Gasteiger partial charge is 0.243 e. The Morgan fingerprint density at radius 3 is 2.28 bits per heavy atom. The van der Waals surface area contributed by atoms with Gasteiger partial charge in [0.1, 0.15) is 11.8 Å². The van der Waals surface area contributed by atoms with Crippen molar-refractivity contribution in [3.63, 3.8) is 0 Å². The summed E-state index contributed by atoms with van der Waals surface area (Å²) in [6.07, 6.45) is 3.09. The molecule has 0 bridgehead atoms. The zero-order valence-corrected chi connectivity index (χ0v) is 24.0. The lowest BCUT2D eigenvalue weighted by molar-refractivity contribution is -0.140. The molecule has 0 spiro atoms. The van der Waals surface area contributed by atoms with Gasteiger partial charge in [0.15, 0.2) is 0 Å². The van der Waals surface area contributed by atoms with Crippen LogP contribution < -0.4 is 10.1 Å². The SMILES string of the molecule is CCOCCCNC(=O)C(C)N(Cc1ccc(OC)cc1)C(=O)CCc1ccc(S(=O)(=O)N2CCCC2)cc1. The molecule has 1 unspecified atom stereocenters. The second-order valence-corrected chi connectivity index (χ2v) is 11.6. The highest BCUT2D eigenvalue weighted by Gasteiger charge is 2.28. The first kappa shape index (κ1) is 30.6. The summed E-state index contributed by atoms with van der Waals surface area (Å²) in [5.41, 5.74) is 1.75. The van der Waals surface area contributed by atoms with Crippen molar-refractivity contribution in [3.8, 4) is 5.75 Å². The maximum atomic E-state index is 13.4. The largest absolute Gasteiger partial charge is 0.497 e. The Balaban J connectivity index is 1.65. The molecule has 2 aromatic carbocycles. The van der Waals surface area contributed by atoms with Crippen LogP contribution in [0.5, 0.6) is 5.75 Å². The van der Waals surface area contributed by atoms with E-state index in [-0.39, 0.29) is 29.7 Å². The summed E-state index contributed by atoms with van der Waals surface area (Å²) in [6.45, 7) is 6.72. The monoisotopic (exact) mass is 559 g/mol. The first-order valence-corrected chi connectivity index (χ1v) is 15.1. The number of carbonyl (C=O) groups is 2. The molecule has 39 heavy (non-hydrogen) atoms. The Labute approximate surface area is 232 Å². The molecule has 0 aromatic heterocycles. The summed E-state index contributed by atoms with van der Waals surface area (Å²) in [5, 5.41) is 2.90. The molecular weight excluding hydrogens is 518 g/mol. The Bertz CT molecular complexity index is 1160. The molecular formula is C29H41N3O6S. The molecule has 3 rings (SSSR count). The fourth-order valence-electron chi connectivity index (χ4n) is 4.49. The van der Waals surface area contributed by atoms with E-state index in [1.165, 1.54) is 4.31 Å². The molecule has 214 valence electrons. The van der Waals surface area contributed by atoms with E-state index in [9.17, 15) is 18.0 Å². The number of carbonyl (C=O) groups excluding carboxylic acids is 2. The first-order chi connectivity index (χ1) is 18.8. The molecule has 1 N–H and O–H groups in total. The number of sulfonamides is 1. The van der Waals surface area contributed by atoms with Gasteiger partial charge in [-0.25, -0.2) is 8.42 Å². The van der Waals surface area contributed by atoms with Crippen LogP contribution in [-0.4, -0.2) is 75.4 Å². The van der Waals surface area contributed by atoms with E-state index in [2.05, 4.69) is 5.32 Å². The van der Waals surface area contributed by atoms with Gasteiger partial charge in [0.05, 0.1) is 12.0 Å². The van der Waals surface area contributed by atoms with Gasteiger partial charge in [-0.1, -0.05) is 24.3 Å². The summed E-state index contributed by atoms with van der Waals surface area (Å²) < 4.78 is 37.7. The third-order valence-electron chi connectivity index (χ3n) is 6.90. The zero-order chi connectivity index (χ0) is 28.3.